The summed E-state index contributed by atoms with van der Waals surface area (Å²) in [6.45, 7) is 1.02. The molecule has 112 valence electrons. The maximum absolute atomic E-state index is 13.9. The molecule has 0 saturated carbocycles. The summed E-state index contributed by atoms with van der Waals surface area (Å²) >= 11 is 0. The molecule has 3 N–H and O–H groups in total. The van der Waals surface area contributed by atoms with Gasteiger partial charge in [-0.25, -0.2) is 13.2 Å². The van der Waals surface area contributed by atoms with Crippen LogP contribution in [0.1, 0.15) is 17.2 Å². The number of halogens is 3. The van der Waals surface area contributed by atoms with E-state index in [1.54, 1.807) is 13.0 Å². The minimum Gasteiger partial charge on any atom is -0.393 e. The van der Waals surface area contributed by atoms with Crippen LogP contribution in [0.2, 0.25) is 0 Å². The summed E-state index contributed by atoms with van der Waals surface area (Å²) in [5, 5.41) is 21.0. The first kappa shape index (κ1) is 15.3. The Balaban J connectivity index is 2.49. The van der Waals surface area contributed by atoms with Crippen molar-refractivity contribution in [2.24, 2.45) is 0 Å². The molecule has 2 aromatic carbocycles. The Bertz CT molecular complexity index is 662. The molecule has 0 fully saturated rings. The predicted octanol–water partition coefficient (Wildman–Crippen LogP) is 3.18. The van der Waals surface area contributed by atoms with Crippen molar-refractivity contribution in [3.05, 3.63) is 58.9 Å². The van der Waals surface area contributed by atoms with Crippen LogP contribution in [-0.4, -0.2) is 16.8 Å². The highest BCUT2D eigenvalue weighted by Gasteiger charge is 2.19. The Labute approximate surface area is 119 Å². The molecule has 6 heteroatoms. The van der Waals surface area contributed by atoms with Crippen molar-refractivity contribution >= 4 is 11.4 Å². The van der Waals surface area contributed by atoms with Crippen LogP contribution >= 0.6 is 0 Å². The van der Waals surface area contributed by atoms with Crippen LogP contribution in [0.5, 0.6) is 0 Å². The Morgan fingerprint density at radius 1 is 1.10 bits per heavy atom. The van der Waals surface area contributed by atoms with E-state index < -0.39 is 35.8 Å². The summed E-state index contributed by atoms with van der Waals surface area (Å²) in [7, 11) is 0. The molecule has 1 unspecified atom stereocenters. The largest absolute Gasteiger partial charge is 0.393 e. The summed E-state index contributed by atoms with van der Waals surface area (Å²) in [4.78, 5) is 0. The van der Waals surface area contributed by atoms with E-state index in [4.69, 9.17) is 5.11 Å². The highest BCUT2D eigenvalue weighted by Crippen LogP contribution is 2.31. The van der Waals surface area contributed by atoms with Gasteiger partial charge in [0.2, 0.25) is 0 Å². The minimum atomic E-state index is -1.41. The first-order valence-electron chi connectivity index (χ1n) is 6.24. The first-order chi connectivity index (χ1) is 9.93. The van der Waals surface area contributed by atoms with E-state index in [1.165, 1.54) is 12.1 Å². The lowest BCUT2D eigenvalue weighted by Gasteiger charge is -2.17. The van der Waals surface area contributed by atoms with Crippen molar-refractivity contribution in [3.63, 3.8) is 0 Å². The van der Waals surface area contributed by atoms with E-state index in [0.29, 0.717) is 5.56 Å². The van der Waals surface area contributed by atoms with E-state index in [9.17, 15) is 18.3 Å². The van der Waals surface area contributed by atoms with E-state index in [1.807, 2.05) is 0 Å². The molecule has 0 aromatic heterocycles. The number of aliphatic hydroxyl groups is 2. The fraction of sp³-hybridized carbons (Fsp3) is 0.200. The van der Waals surface area contributed by atoms with Gasteiger partial charge < -0.3 is 15.5 Å². The van der Waals surface area contributed by atoms with E-state index >= 15 is 0 Å². The number of benzene rings is 2. The third kappa shape index (κ3) is 3.17. The minimum absolute atomic E-state index is 0.0588. The summed E-state index contributed by atoms with van der Waals surface area (Å²) in [5.41, 5.74) is 0.153. The average Bonchev–Trinajstić information content (AvgIpc) is 2.45. The van der Waals surface area contributed by atoms with Crippen LogP contribution < -0.4 is 5.32 Å². The highest BCUT2D eigenvalue weighted by atomic mass is 19.2. The lowest BCUT2D eigenvalue weighted by Crippen LogP contribution is -2.09. The second kappa shape index (κ2) is 6.15. The fourth-order valence-corrected chi connectivity index (χ4v) is 1.92. The zero-order chi connectivity index (χ0) is 15.6. The van der Waals surface area contributed by atoms with Crippen molar-refractivity contribution in [3.8, 4) is 0 Å². The number of nitrogens with one attached hydrogen (secondary N) is 1. The van der Waals surface area contributed by atoms with Crippen LogP contribution in [0.15, 0.2) is 30.3 Å². The van der Waals surface area contributed by atoms with Gasteiger partial charge in [0.05, 0.1) is 18.0 Å². The molecule has 0 radical (unpaired) electrons. The zero-order valence-corrected chi connectivity index (χ0v) is 11.2. The van der Waals surface area contributed by atoms with Gasteiger partial charge in [0, 0.05) is 5.56 Å². The average molecular weight is 297 g/mol. The van der Waals surface area contributed by atoms with Crippen molar-refractivity contribution in [1.29, 1.82) is 0 Å². The Hall–Kier alpha value is -2.05. The lowest BCUT2D eigenvalue weighted by molar-refractivity contribution is 0.0958. The van der Waals surface area contributed by atoms with Crippen LogP contribution in [0.4, 0.5) is 24.5 Å². The predicted molar refractivity (Wildman–Crippen MR) is 72.8 cm³/mol. The Morgan fingerprint density at radius 2 is 1.81 bits per heavy atom. The van der Waals surface area contributed by atoms with Crippen LogP contribution in [0.3, 0.4) is 0 Å². The van der Waals surface area contributed by atoms with Crippen LogP contribution in [0.25, 0.3) is 0 Å². The van der Waals surface area contributed by atoms with Crippen molar-refractivity contribution in [2.45, 2.75) is 13.0 Å². The molecule has 0 bridgehead atoms. The van der Waals surface area contributed by atoms with E-state index in [-0.39, 0.29) is 11.3 Å². The standard InChI is InChI=1S/C15H14F3NO2/c1-8-2-5-12(11(17)6-8)19-15-9(13(21)7-20)3-4-10(16)14(15)18/h2-6,13,19-21H,7H2,1H3. The molecule has 0 heterocycles. The second-order valence-electron chi connectivity index (χ2n) is 4.63. The summed E-state index contributed by atoms with van der Waals surface area (Å²) in [6.07, 6.45) is -1.41. The number of aliphatic hydroxyl groups excluding tert-OH is 2. The Morgan fingerprint density at radius 3 is 2.43 bits per heavy atom. The van der Waals surface area contributed by atoms with Crippen LogP contribution in [-0.2, 0) is 0 Å². The van der Waals surface area contributed by atoms with Gasteiger partial charge in [-0.3, -0.25) is 0 Å². The number of aryl methyl sites for hydroxylation is 1. The van der Waals surface area contributed by atoms with Gasteiger partial charge in [-0.1, -0.05) is 12.1 Å². The molecule has 2 aromatic rings. The fourth-order valence-electron chi connectivity index (χ4n) is 1.92. The molecule has 0 aliphatic carbocycles. The topological polar surface area (TPSA) is 52.5 Å². The van der Waals surface area contributed by atoms with Gasteiger partial charge in [-0.15, -0.1) is 0 Å². The van der Waals surface area contributed by atoms with Crippen molar-refractivity contribution in [1.82, 2.24) is 0 Å². The zero-order valence-electron chi connectivity index (χ0n) is 11.2. The SMILES string of the molecule is Cc1ccc(Nc2c(C(O)CO)ccc(F)c2F)c(F)c1. The highest BCUT2D eigenvalue weighted by molar-refractivity contribution is 5.65. The molecule has 0 saturated heterocycles. The quantitative estimate of drug-likeness (QED) is 0.812. The third-order valence-corrected chi connectivity index (χ3v) is 3.04. The van der Waals surface area contributed by atoms with Crippen molar-refractivity contribution in [2.75, 3.05) is 11.9 Å². The monoisotopic (exact) mass is 297 g/mol. The van der Waals surface area contributed by atoms with Gasteiger partial charge in [0.15, 0.2) is 11.6 Å². The third-order valence-electron chi connectivity index (χ3n) is 3.04. The number of hydrogen-bond acceptors (Lipinski definition) is 3. The van der Waals surface area contributed by atoms with E-state index in [2.05, 4.69) is 5.32 Å². The molecular formula is C15H14F3NO2. The number of anilines is 2. The van der Waals surface area contributed by atoms with Crippen LogP contribution in [0, 0.1) is 24.4 Å². The van der Waals surface area contributed by atoms with Gasteiger partial charge in [-0.05, 0) is 30.7 Å². The molecule has 0 spiro atoms. The molecule has 3 nitrogen and oxygen atoms in total. The molecule has 21 heavy (non-hydrogen) atoms. The maximum Gasteiger partial charge on any atom is 0.182 e. The Kier molecular flexibility index (Phi) is 4.50. The summed E-state index contributed by atoms with van der Waals surface area (Å²) in [6, 6.07) is 6.19. The molecular weight excluding hydrogens is 283 g/mol. The molecule has 0 amide bonds. The number of rotatable bonds is 4. The first-order valence-corrected chi connectivity index (χ1v) is 6.24. The van der Waals surface area contributed by atoms with Gasteiger partial charge in [-0.2, -0.15) is 0 Å². The van der Waals surface area contributed by atoms with Gasteiger partial charge in [0.1, 0.15) is 11.9 Å². The number of hydrogen-bond donors (Lipinski definition) is 3. The molecule has 0 aliphatic heterocycles. The summed E-state index contributed by atoms with van der Waals surface area (Å²) in [5.74, 6) is -3.03. The normalized spacial score (nSPS) is 12.3. The van der Waals surface area contributed by atoms with Crippen molar-refractivity contribution < 1.29 is 23.4 Å². The van der Waals surface area contributed by atoms with Gasteiger partial charge in [0.25, 0.3) is 0 Å². The van der Waals surface area contributed by atoms with E-state index in [0.717, 1.165) is 12.1 Å². The maximum atomic E-state index is 13.9. The summed E-state index contributed by atoms with van der Waals surface area (Å²) < 4.78 is 41.0. The smallest absolute Gasteiger partial charge is 0.182 e. The lowest BCUT2D eigenvalue weighted by atomic mass is 10.1. The molecule has 2 rings (SSSR count). The second-order valence-corrected chi connectivity index (χ2v) is 4.63. The molecule has 0 aliphatic rings. The van der Waals surface area contributed by atoms with Gasteiger partial charge >= 0.3 is 0 Å². The molecule has 1 atom stereocenters.